The number of para-hydroxylation sites is 1. The van der Waals surface area contributed by atoms with Crippen LogP contribution in [0.2, 0.25) is 0 Å². The maximum Gasteiger partial charge on any atom is 0.547 e. The second kappa shape index (κ2) is 12.1. The molecule has 2 aromatic rings. The lowest BCUT2D eigenvalue weighted by Gasteiger charge is -2.33. The maximum atomic E-state index is 13.6. The first kappa shape index (κ1) is 30.3. The van der Waals surface area contributed by atoms with Crippen LogP contribution < -0.4 is 20.0 Å². The number of likely N-dealkylation sites (N-methyl/N-ethyl adjacent to an activating group) is 1. The van der Waals surface area contributed by atoms with Crippen LogP contribution in [0.1, 0.15) is 34.5 Å². The summed E-state index contributed by atoms with van der Waals surface area (Å²) in [7, 11) is -5.35. The van der Waals surface area contributed by atoms with Crippen molar-refractivity contribution in [3.8, 4) is 5.75 Å². The molecule has 4 rings (SSSR count). The fourth-order valence-electron chi connectivity index (χ4n) is 4.65. The molecule has 2 aliphatic rings. The summed E-state index contributed by atoms with van der Waals surface area (Å²) in [5.41, 5.74) is 0.434. The summed E-state index contributed by atoms with van der Waals surface area (Å²) in [5.74, 6) is -5.20. The van der Waals surface area contributed by atoms with Gasteiger partial charge in [0.1, 0.15) is 11.8 Å². The summed E-state index contributed by atoms with van der Waals surface area (Å²) < 4.78 is 31.2. The second-order valence-corrected chi connectivity index (χ2v) is 11.4. The molecule has 1 fully saturated rings. The Balaban J connectivity index is 1.61. The molecule has 15 nitrogen and oxygen atoms in total. The van der Waals surface area contributed by atoms with Crippen molar-refractivity contribution in [2.45, 2.75) is 25.3 Å². The summed E-state index contributed by atoms with van der Waals surface area (Å²) in [6, 6.07) is 7.40. The SMILES string of the molecule is CCN1CCN(C(=O)NC(C(=O)N[C@H]2Cc3cccc(C(=O)O)c3OB2O)c2cccc(NS(C)(=O)=O)c2)C(=O)C1=O. The molecule has 0 aromatic heterocycles. The van der Waals surface area contributed by atoms with E-state index in [1.807, 2.05) is 0 Å². The lowest BCUT2D eigenvalue weighted by atomic mass is 9.72. The second-order valence-electron chi connectivity index (χ2n) is 9.65. The van der Waals surface area contributed by atoms with Crippen LogP contribution in [0.3, 0.4) is 0 Å². The average molecular weight is 601 g/mol. The Morgan fingerprint density at radius 1 is 1.12 bits per heavy atom. The van der Waals surface area contributed by atoms with E-state index in [0.29, 0.717) is 10.5 Å². The third kappa shape index (κ3) is 6.63. The lowest BCUT2D eigenvalue weighted by Crippen LogP contribution is -2.60. The van der Waals surface area contributed by atoms with E-state index in [2.05, 4.69) is 15.4 Å². The number of aromatic carboxylic acids is 1. The Hall–Kier alpha value is -4.64. The number of anilines is 1. The van der Waals surface area contributed by atoms with Crippen LogP contribution in [0.5, 0.6) is 5.75 Å². The molecule has 2 aliphatic heterocycles. The lowest BCUT2D eigenvalue weighted by molar-refractivity contribution is -0.153. The number of nitrogens with zero attached hydrogens (tertiary/aromatic N) is 2. The number of carboxylic acid groups (broad SMARTS) is 1. The number of carbonyl (C=O) groups excluding carboxylic acids is 4. The van der Waals surface area contributed by atoms with Gasteiger partial charge in [0.15, 0.2) is 0 Å². The molecular formula is C25H28BN5O10S. The Morgan fingerprint density at radius 2 is 1.83 bits per heavy atom. The maximum absolute atomic E-state index is 13.6. The summed E-state index contributed by atoms with van der Waals surface area (Å²) in [4.78, 5) is 65.2. The van der Waals surface area contributed by atoms with Crippen molar-refractivity contribution in [2.75, 3.05) is 30.6 Å². The molecule has 0 aliphatic carbocycles. The normalized spacial score (nSPS) is 17.6. The molecule has 1 unspecified atom stereocenters. The molecule has 2 heterocycles. The van der Waals surface area contributed by atoms with Gasteiger partial charge in [-0.2, -0.15) is 0 Å². The molecule has 0 spiro atoms. The van der Waals surface area contributed by atoms with Crippen LogP contribution in [0.4, 0.5) is 10.5 Å². The van der Waals surface area contributed by atoms with Gasteiger partial charge in [-0.1, -0.05) is 24.3 Å². The highest BCUT2D eigenvalue weighted by Crippen LogP contribution is 2.30. The number of hydrogen-bond acceptors (Lipinski definition) is 9. The number of benzene rings is 2. The van der Waals surface area contributed by atoms with Crippen LogP contribution >= 0.6 is 0 Å². The number of carboxylic acids is 1. The third-order valence-corrected chi connectivity index (χ3v) is 7.27. The predicted octanol–water partition coefficient (Wildman–Crippen LogP) is -0.663. The van der Waals surface area contributed by atoms with Gasteiger partial charge in [0.05, 0.1) is 17.8 Å². The summed E-state index contributed by atoms with van der Waals surface area (Å²) in [6.07, 6.45) is 0.911. The molecule has 5 amide bonds. The van der Waals surface area contributed by atoms with Crippen LogP contribution in [-0.4, -0.2) is 97.0 Å². The van der Waals surface area contributed by atoms with Crippen LogP contribution in [0.25, 0.3) is 0 Å². The molecular weight excluding hydrogens is 573 g/mol. The predicted molar refractivity (Wildman–Crippen MR) is 148 cm³/mol. The largest absolute Gasteiger partial charge is 0.547 e. The first-order valence-electron chi connectivity index (χ1n) is 12.8. The Morgan fingerprint density at radius 3 is 2.50 bits per heavy atom. The number of sulfonamides is 1. The fourth-order valence-corrected chi connectivity index (χ4v) is 5.20. The Bertz CT molecular complexity index is 1550. The Labute approximate surface area is 241 Å². The zero-order valence-corrected chi connectivity index (χ0v) is 23.4. The van der Waals surface area contributed by atoms with Gasteiger partial charge < -0.3 is 30.3 Å². The molecule has 5 N–H and O–H groups in total. The first-order chi connectivity index (χ1) is 19.8. The van der Waals surface area contributed by atoms with Gasteiger partial charge in [-0.3, -0.25) is 24.0 Å². The number of amides is 5. The minimum absolute atomic E-state index is 0.0222. The highest BCUT2D eigenvalue weighted by Gasteiger charge is 2.41. The molecule has 222 valence electrons. The van der Waals surface area contributed by atoms with Crippen molar-refractivity contribution in [2.24, 2.45) is 0 Å². The number of hydrogen-bond donors (Lipinski definition) is 5. The average Bonchev–Trinajstić information content (AvgIpc) is 2.92. The summed E-state index contributed by atoms with van der Waals surface area (Å²) in [5, 5.41) is 25.0. The van der Waals surface area contributed by atoms with E-state index in [4.69, 9.17) is 4.65 Å². The highest BCUT2D eigenvalue weighted by atomic mass is 32.2. The number of rotatable bonds is 8. The van der Waals surface area contributed by atoms with Gasteiger partial charge >= 0.3 is 30.9 Å². The van der Waals surface area contributed by atoms with Crippen LogP contribution in [0.15, 0.2) is 42.5 Å². The minimum Gasteiger partial charge on any atom is -0.534 e. The topological polar surface area (TPSA) is 212 Å². The van der Waals surface area contributed by atoms with E-state index in [-0.39, 0.29) is 48.6 Å². The van der Waals surface area contributed by atoms with E-state index >= 15 is 0 Å². The molecule has 17 heteroatoms. The zero-order chi connectivity index (χ0) is 30.8. The van der Waals surface area contributed by atoms with Gasteiger partial charge in [-0.25, -0.2) is 18.0 Å². The smallest absolute Gasteiger partial charge is 0.534 e. The third-order valence-electron chi connectivity index (χ3n) is 6.67. The monoisotopic (exact) mass is 601 g/mol. The van der Waals surface area contributed by atoms with E-state index in [0.717, 1.165) is 6.26 Å². The van der Waals surface area contributed by atoms with E-state index in [1.54, 1.807) is 13.0 Å². The number of fused-ring (bicyclic) bond motifs is 1. The number of nitrogens with one attached hydrogen (secondary N) is 3. The van der Waals surface area contributed by atoms with E-state index in [9.17, 15) is 42.5 Å². The molecule has 0 bridgehead atoms. The Kier molecular flexibility index (Phi) is 8.72. The van der Waals surface area contributed by atoms with Gasteiger partial charge in [0.2, 0.25) is 15.9 Å². The van der Waals surface area contributed by atoms with Gasteiger partial charge in [0.25, 0.3) is 0 Å². The number of imide groups is 1. The standard InChI is InChI=1S/C25H28BN5O10S/c1-3-30-10-11-31(23(34)22(30)33)25(37)28-19(14-6-4-8-16(12-14)29-42(2,39)40)21(32)27-18-13-15-7-5-9-17(24(35)36)20(15)41-26(18)38/h4-9,12,18-19,29,38H,3,10-11,13H2,1-2H3,(H,27,32)(H,28,37)(H,35,36)/t18-,19?/m0/s1. The van der Waals surface area contributed by atoms with Crippen molar-refractivity contribution in [3.63, 3.8) is 0 Å². The van der Waals surface area contributed by atoms with Crippen molar-refractivity contribution in [3.05, 3.63) is 59.2 Å². The molecule has 2 aromatic carbocycles. The summed E-state index contributed by atoms with van der Waals surface area (Å²) in [6.45, 7) is 1.94. The quantitative estimate of drug-likeness (QED) is 0.190. The molecule has 0 radical (unpaired) electrons. The minimum atomic E-state index is -3.69. The van der Waals surface area contributed by atoms with Gasteiger partial charge in [-0.15, -0.1) is 0 Å². The zero-order valence-electron chi connectivity index (χ0n) is 22.6. The molecule has 42 heavy (non-hydrogen) atoms. The van der Waals surface area contributed by atoms with Crippen LogP contribution in [-0.2, 0) is 30.8 Å². The molecule has 2 atom stereocenters. The van der Waals surface area contributed by atoms with Crippen molar-refractivity contribution >= 4 is 52.6 Å². The highest BCUT2D eigenvalue weighted by molar-refractivity contribution is 7.92. The fraction of sp³-hybridized carbons (Fsp3) is 0.320. The van der Waals surface area contributed by atoms with Crippen molar-refractivity contribution in [1.82, 2.24) is 20.4 Å². The van der Waals surface area contributed by atoms with Gasteiger partial charge in [0, 0.05) is 25.3 Å². The van der Waals surface area contributed by atoms with Crippen LogP contribution in [0, 0.1) is 0 Å². The first-order valence-corrected chi connectivity index (χ1v) is 14.7. The van der Waals surface area contributed by atoms with Crippen molar-refractivity contribution in [1.29, 1.82) is 0 Å². The van der Waals surface area contributed by atoms with Gasteiger partial charge in [-0.05, 0) is 42.7 Å². The molecule has 1 saturated heterocycles. The number of carbonyl (C=O) groups is 5. The number of piperazine rings is 1. The van der Waals surface area contributed by atoms with Crippen molar-refractivity contribution < 1.29 is 47.2 Å². The van der Waals surface area contributed by atoms with E-state index in [1.165, 1.54) is 41.3 Å². The molecule has 0 saturated carbocycles. The number of urea groups is 1. The van der Waals surface area contributed by atoms with E-state index < -0.39 is 58.8 Å². The summed E-state index contributed by atoms with van der Waals surface area (Å²) >= 11 is 0.